The van der Waals surface area contributed by atoms with E-state index in [1.165, 1.54) is 21.2 Å². The van der Waals surface area contributed by atoms with Gasteiger partial charge in [0.2, 0.25) is 0 Å². The van der Waals surface area contributed by atoms with Gasteiger partial charge in [-0.15, -0.1) is 0 Å². The van der Waals surface area contributed by atoms with Gasteiger partial charge in [-0.05, 0) is 36.8 Å². The first-order chi connectivity index (χ1) is 13.8. The largest absolute Gasteiger partial charge is 0.387 e. The molecule has 0 aromatic heterocycles. The molecule has 2 aromatic rings. The highest BCUT2D eigenvalue weighted by molar-refractivity contribution is 8.03. The van der Waals surface area contributed by atoms with Crippen LogP contribution in [-0.2, 0) is 0 Å². The minimum Gasteiger partial charge on any atom is -0.387 e. The number of aliphatic imine (C=N–C) groups is 1. The summed E-state index contributed by atoms with van der Waals surface area (Å²) in [4.78, 5) is 8.09. The van der Waals surface area contributed by atoms with Crippen LogP contribution < -0.4 is 10.6 Å². The Morgan fingerprint density at radius 1 is 1.00 bits per heavy atom. The summed E-state index contributed by atoms with van der Waals surface area (Å²) in [6.07, 6.45) is 13.3. The standard InChI is InChI=1S/C24H23N3S/c1-2-27-21-14-9-10-15-22(21)28-24(27)16-6-4-3-5-11-18-17-23(25)26-20-13-8-7-12-19(18)20/h3-16H,2,17H2,1H3,(H2,25,26). The number of hydrogen-bond donors (Lipinski definition) is 1. The summed E-state index contributed by atoms with van der Waals surface area (Å²) in [5.74, 6) is 0.663. The molecule has 0 fully saturated rings. The van der Waals surface area contributed by atoms with Gasteiger partial charge in [0.1, 0.15) is 5.84 Å². The van der Waals surface area contributed by atoms with E-state index in [2.05, 4.69) is 83.6 Å². The van der Waals surface area contributed by atoms with Gasteiger partial charge in [0.15, 0.2) is 0 Å². The molecule has 0 amide bonds. The molecule has 140 valence electrons. The summed E-state index contributed by atoms with van der Waals surface area (Å²) >= 11 is 1.82. The molecule has 2 N–H and O–H groups in total. The zero-order valence-corrected chi connectivity index (χ0v) is 16.7. The molecule has 0 radical (unpaired) electrons. The molecule has 0 spiro atoms. The lowest BCUT2D eigenvalue weighted by Crippen LogP contribution is -2.16. The normalized spacial score (nSPS) is 18.9. The van der Waals surface area contributed by atoms with Crippen molar-refractivity contribution in [3.05, 3.63) is 95.6 Å². The van der Waals surface area contributed by atoms with Crippen LogP contribution in [0.3, 0.4) is 0 Å². The Kier molecular flexibility index (Phi) is 5.49. The third-order valence-corrected chi connectivity index (χ3v) is 5.84. The van der Waals surface area contributed by atoms with Crippen LogP contribution in [0.15, 0.2) is 99.9 Å². The molecule has 28 heavy (non-hydrogen) atoms. The van der Waals surface area contributed by atoms with Crippen LogP contribution in [0.4, 0.5) is 11.4 Å². The number of allylic oxidation sites excluding steroid dienone is 6. The Hall–Kier alpha value is -2.98. The highest BCUT2D eigenvalue weighted by Crippen LogP contribution is 2.45. The van der Waals surface area contributed by atoms with E-state index < -0.39 is 0 Å². The number of para-hydroxylation sites is 2. The fraction of sp³-hybridized carbons (Fsp3) is 0.125. The van der Waals surface area contributed by atoms with Crippen molar-refractivity contribution >= 4 is 34.5 Å². The number of benzene rings is 2. The average Bonchev–Trinajstić information content (AvgIpc) is 3.07. The van der Waals surface area contributed by atoms with Crippen LogP contribution in [0.25, 0.3) is 5.57 Å². The summed E-state index contributed by atoms with van der Waals surface area (Å²) in [6, 6.07) is 16.7. The van der Waals surface area contributed by atoms with E-state index in [0.29, 0.717) is 12.3 Å². The lowest BCUT2D eigenvalue weighted by atomic mass is 9.97. The van der Waals surface area contributed by atoms with Crippen molar-refractivity contribution in [2.24, 2.45) is 10.7 Å². The highest BCUT2D eigenvalue weighted by atomic mass is 32.2. The second-order valence-corrected chi connectivity index (χ2v) is 7.64. The van der Waals surface area contributed by atoms with Gasteiger partial charge < -0.3 is 10.6 Å². The Morgan fingerprint density at radius 2 is 1.75 bits per heavy atom. The minimum absolute atomic E-state index is 0.663. The molecule has 2 aliphatic heterocycles. The molecule has 0 aliphatic carbocycles. The van der Waals surface area contributed by atoms with Crippen molar-refractivity contribution in [2.75, 3.05) is 11.4 Å². The minimum atomic E-state index is 0.663. The van der Waals surface area contributed by atoms with Gasteiger partial charge in [0, 0.05) is 23.4 Å². The van der Waals surface area contributed by atoms with Crippen molar-refractivity contribution in [3.63, 3.8) is 0 Å². The van der Waals surface area contributed by atoms with E-state index in [9.17, 15) is 0 Å². The third kappa shape index (κ3) is 3.82. The number of amidine groups is 1. The van der Waals surface area contributed by atoms with E-state index in [1.807, 2.05) is 30.0 Å². The SMILES string of the molecule is CCN1C(=CC=CC=CC=C2CC(N)=Nc3ccccc32)Sc2ccccc21. The predicted octanol–water partition coefficient (Wildman–Crippen LogP) is 6.05. The number of nitrogens with zero attached hydrogens (tertiary/aromatic N) is 2. The first kappa shape index (κ1) is 18.4. The van der Waals surface area contributed by atoms with E-state index in [1.54, 1.807) is 0 Å². The van der Waals surface area contributed by atoms with Crippen LogP contribution in [0, 0.1) is 0 Å². The van der Waals surface area contributed by atoms with Crippen molar-refractivity contribution in [1.82, 2.24) is 0 Å². The lowest BCUT2D eigenvalue weighted by Gasteiger charge is -2.17. The monoisotopic (exact) mass is 385 g/mol. The molecule has 2 heterocycles. The van der Waals surface area contributed by atoms with Gasteiger partial charge in [-0.25, -0.2) is 4.99 Å². The van der Waals surface area contributed by atoms with Gasteiger partial charge in [0.05, 0.1) is 16.4 Å². The maximum absolute atomic E-state index is 5.98. The predicted molar refractivity (Wildman–Crippen MR) is 122 cm³/mol. The fourth-order valence-corrected chi connectivity index (χ4v) is 4.56. The van der Waals surface area contributed by atoms with Crippen molar-refractivity contribution in [1.29, 1.82) is 0 Å². The van der Waals surface area contributed by atoms with Gasteiger partial charge in [-0.3, -0.25) is 0 Å². The highest BCUT2D eigenvalue weighted by Gasteiger charge is 2.22. The zero-order valence-electron chi connectivity index (χ0n) is 15.9. The molecule has 2 aromatic carbocycles. The van der Waals surface area contributed by atoms with Crippen molar-refractivity contribution in [2.45, 2.75) is 18.2 Å². The molecule has 0 saturated heterocycles. The topological polar surface area (TPSA) is 41.6 Å². The molecule has 4 rings (SSSR count). The molecular weight excluding hydrogens is 362 g/mol. The summed E-state index contributed by atoms with van der Waals surface area (Å²) < 4.78 is 0. The van der Waals surface area contributed by atoms with Gasteiger partial charge in [0.25, 0.3) is 0 Å². The fourth-order valence-electron chi connectivity index (χ4n) is 3.42. The third-order valence-electron chi connectivity index (χ3n) is 4.71. The molecule has 0 unspecified atom stereocenters. The number of nitrogens with two attached hydrogens (primary N) is 1. The molecule has 3 nitrogen and oxygen atoms in total. The Bertz CT molecular complexity index is 1030. The first-order valence-corrected chi connectivity index (χ1v) is 10.3. The van der Waals surface area contributed by atoms with Crippen molar-refractivity contribution < 1.29 is 0 Å². The maximum atomic E-state index is 5.98. The van der Waals surface area contributed by atoms with Gasteiger partial charge >= 0.3 is 0 Å². The average molecular weight is 386 g/mol. The second-order valence-electron chi connectivity index (χ2n) is 6.58. The number of thioether (sulfide) groups is 1. The maximum Gasteiger partial charge on any atom is 0.104 e. The molecule has 2 aliphatic rings. The lowest BCUT2D eigenvalue weighted by molar-refractivity contribution is 1.00. The van der Waals surface area contributed by atoms with E-state index in [-0.39, 0.29) is 0 Å². The Morgan fingerprint density at radius 3 is 2.61 bits per heavy atom. The van der Waals surface area contributed by atoms with Crippen LogP contribution in [-0.4, -0.2) is 12.4 Å². The zero-order chi connectivity index (χ0) is 19.3. The molecule has 0 bridgehead atoms. The summed E-state index contributed by atoms with van der Waals surface area (Å²) in [7, 11) is 0. The summed E-state index contributed by atoms with van der Waals surface area (Å²) in [5.41, 5.74) is 10.6. The molecular formula is C24H23N3S. The van der Waals surface area contributed by atoms with Gasteiger partial charge in [-0.1, -0.05) is 72.5 Å². The quantitative estimate of drug-likeness (QED) is 0.652. The smallest absolute Gasteiger partial charge is 0.104 e. The van der Waals surface area contributed by atoms with E-state index in [4.69, 9.17) is 5.73 Å². The first-order valence-electron chi connectivity index (χ1n) is 9.47. The van der Waals surface area contributed by atoms with Crippen LogP contribution in [0.5, 0.6) is 0 Å². The van der Waals surface area contributed by atoms with E-state index >= 15 is 0 Å². The summed E-state index contributed by atoms with van der Waals surface area (Å²) in [6.45, 7) is 3.15. The molecule has 4 heteroatoms. The molecule has 0 atom stereocenters. The number of hydrogen-bond acceptors (Lipinski definition) is 4. The Labute approximate surface area is 170 Å². The number of rotatable bonds is 4. The van der Waals surface area contributed by atoms with Crippen LogP contribution >= 0.6 is 11.8 Å². The van der Waals surface area contributed by atoms with Crippen LogP contribution in [0.2, 0.25) is 0 Å². The molecule has 0 saturated carbocycles. The summed E-state index contributed by atoms with van der Waals surface area (Å²) in [5, 5.41) is 1.26. The van der Waals surface area contributed by atoms with E-state index in [0.717, 1.165) is 17.8 Å². The number of fused-ring (bicyclic) bond motifs is 2. The second kappa shape index (κ2) is 8.36. The number of anilines is 1. The van der Waals surface area contributed by atoms with Crippen molar-refractivity contribution in [3.8, 4) is 0 Å². The van der Waals surface area contributed by atoms with Gasteiger partial charge in [-0.2, -0.15) is 0 Å². The van der Waals surface area contributed by atoms with Crippen LogP contribution in [0.1, 0.15) is 18.9 Å². The Balaban J connectivity index is 1.45.